The fraction of sp³-hybridized carbons (Fsp3) is 0.571. The Morgan fingerprint density at radius 3 is 2.48 bits per heavy atom. The van der Waals surface area contributed by atoms with Crippen LogP contribution in [0.25, 0.3) is 0 Å². The molecule has 2 rings (SSSR count). The quantitative estimate of drug-likeness (QED) is 0.840. The first-order chi connectivity index (χ1) is 9.73. The van der Waals surface area contributed by atoms with Crippen LogP contribution in [-0.4, -0.2) is 30.6 Å². The highest BCUT2D eigenvalue weighted by Crippen LogP contribution is 2.36. The number of thioether (sulfide) groups is 1. The van der Waals surface area contributed by atoms with Crippen molar-refractivity contribution in [3.63, 3.8) is 0 Å². The molecule has 0 aliphatic carbocycles. The molecule has 0 aromatic heterocycles. The summed E-state index contributed by atoms with van der Waals surface area (Å²) in [4.78, 5) is 0.195. The van der Waals surface area contributed by atoms with Crippen LogP contribution in [0.5, 0.6) is 0 Å². The number of halogens is 3. The Bertz CT molecular complexity index is 462. The highest BCUT2D eigenvalue weighted by atomic mass is 32.2. The summed E-state index contributed by atoms with van der Waals surface area (Å²) >= 11 is -0.103. The van der Waals surface area contributed by atoms with Crippen molar-refractivity contribution in [2.45, 2.75) is 42.7 Å². The third kappa shape index (κ3) is 5.86. The number of hydrogen-bond acceptors (Lipinski definition) is 4. The summed E-state index contributed by atoms with van der Waals surface area (Å²) in [6.07, 6.45) is 0.0000539. The lowest BCUT2D eigenvalue weighted by Crippen LogP contribution is -2.30. The number of alkyl halides is 3. The molecular weight excluding hydrogens is 303 g/mol. The number of ether oxygens (including phenoxy) is 2. The van der Waals surface area contributed by atoms with E-state index in [1.807, 2.05) is 13.8 Å². The number of rotatable bonds is 5. The van der Waals surface area contributed by atoms with E-state index in [-0.39, 0.29) is 22.8 Å². The second-order valence-electron chi connectivity index (χ2n) is 5.27. The maximum Gasteiger partial charge on any atom is 0.446 e. The molecule has 0 bridgehead atoms. The average molecular weight is 321 g/mol. The molecule has 0 radical (unpaired) electrons. The molecule has 1 aliphatic rings. The van der Waals surface area contributed by atoms with Gasteiger partial charge in [0.25, 0.3) is 0 Å². The van der Waals surface area contributed by atoms with Crippen molar-refractivity contribution in [3.8, 4) is 0 Å². The maximum atomic E-state index is 12.2. The Morgan fingerprint density at radius 2 is 1.95 bits per heavy atom. The highest BCUT2D eigenvalue weighted by molar-refractivity contribution is 8.00. The molecule has 1 unspecified atom stereocenters. The van der Waals surface area contributed by atoms with E-state index in [1.54, 1.807) is 12.1 Å². The molecule has 1 aromatic carbocycles. The Kier molecular flexibility index (Phi) is 5.19. The zero-order valence-electron chi connectivity index (χ0n) is 11.9. The van der Waals surface area contributed by atoms with Gasteiger partial charge in [0.15, 0.2) is 5.79 Å². The van der Waals surface area contributed by atoms with Gasteiger partial charge in [-0.1, -0.05) is 12.1 Å². The standard InChI is InChI=1S/C14H18F3NO2S/c1-13(2)19-9-11(20-13)8-18-7-10-3-5-12(6-4-10)21-14(15,16)17/h3-6,11,18H,7-9H2,1-2H3. The Morgan fingerprint density at radius 1 is 1.29 bits per heavy atom. The molecular formula is C14H18F3NO2S. The lowest BCUT2D eigenvalue weighted by Gasteiger charge is -2.17. The maximum absolute atomic E-state index is 12.2. The van der Waals surface area contributed by atoms with Gasteiger partial charge in [-0.05, 0) is 43.3 Å². The third-order valence-electron chi connectivity index (χ3n) is 2.93. The van der Waals surface area contributed by atoms with Crippen LogP contribution in [0.15, 0.2) is 29.2 Å². The Hall–Kier alpha value is -0.760. The predicted molar refractivity (Wildman–Crippen MR) is 75.0 cm³/mol. The third-order valence-corrected chi connectivity index (χ3v) is 3.66. The predicted octanol–water partition coefficient (Wildman–Crippen LogP) is 3.54. The molecule has 0 spiro atoms. The minimum absolute atomic E-state index is 0.0000539. The van der Waals surface area contributed by atoms with Gasteiger partial charge in [-0.25, -0.2) is 0 Å². The molecule has 1 heterocycles. The summed E-state index contributed by atoms with van der Waals surface area (Å²) in [5, 5.41) is 3.22. The molecule has 0 amide bonds. The SMILES string of the molecule is CC1(C)OCC(CNCc2ccc(SC(F)(F)F)cc2)O1. The van der Waals surface area contributed by atoms with Crippen molar-refractivity contribution >= 4 is 11.8 Å². The van der Waals surface area contributed by atoms with Crippen LogP contribution in [0.1, 0.15) is 19.4 Å². The van der Waals surface area contributed by atoms with Gasteiger partial charge >= 0.3 is 5.51 Å². The molecule has 1 aliphatic heterocycles. The number of nitrogens with one attached hydrogen (secondary N) is 1. The minimum atomic E-state index is -4.24. The van der Waals surface area contributed by atoms with Crippen LogP contribution < -0.4 is 5.32 Å². The van der Waals surface area contributed by atoms with Crippen molar-refractivity contribution in [1.82, 2.24) is 5.32 Å². The molecule has 3 nitrogen and oxygen atoms in total. The van der Waals surface area contributed by atoms with Gasteiger partial charge in [0.05, 0.1) is 12.7 Å². The van der Waals surface area contributed by atoms with Crippen LogP contribution >= 0.6 is 11.8 Å². The molecule has 21 heavy (non-hydrogen) atoms. The number of benzene rings is 1. The molecule has 0 saturated carbocycles. The number of hydrogen-bond donors (Lipinski definition) is 1. The van der Waals surface area contributed by atoms with Crippen molar-refractivity contribution in [3.05, 3.63) is 29.8 Å². The summed E-state index contributed by atoms with van der Waals surface area (Å²) < 4.78 is 47.7. The second kappa shape index (κ2) is 6.56. The van der Waals surface area contributed by atoms with Gasteiger partial charge in [-0.15, -0.1) is 0 Å². The van der Waals surface area contributed by atoms with Crippen LogP contribution in [0.4, 0.5) is 13.2 Å². The summed E-state index contributed by atoms with van der Waals surface area (Å²) in [6, 6.07) is 6.34. The van der Waals surface area contributed by atoms with Gasteiger partial charge in [0.1, 0.15) is 0 Å². The van der Waals surface area contributed by atoms with E-state index in [0.29, 0.717) is 19.7 Å². The Labute approximate surface area is 126 Å². The van der Waals surface area contributed by atoms with Crippen molar-refractivity contribution in [1.29, 1.82) is 0 Å². The molecule has 7 heteroatoms. The van der Waals surface area contributed by atoms with Gasteiger partial charge in [0.2, 0.25) is 0 Å². The molecule has 1 saturated heterocycles. The zero-order valence-corrected chi connectivity index (χ0v) is 12.7. The first kappa shape index (κ1) is 16.6. The van der Waals surface area contributed by atoms with E-state index in [4.69, 9.17) is 9.47 Å². The first-order valence-corrected chi connectivity index (χ1v) is 7.42. The van der Waals surface area contributed by atoms with Gasteiger partial charge in [0, 0.05) is 18.0 Å². The Balaban J connectivity index is 1.74. The van der Waals surface area contributed by atoms with Gasteiger partial charge in [-0.2, -0.15) is 13.2 Å². The lowest BCUT2D eigenvalue weighted by molar-refractivity contribution is -0.137. The summed E-state index contributed by atoms with van der Waals surface area (Å²) in [7, 11) is 0. The van der Waals surface area contributed by atoms with Crippen LogP contribution in [0.2, 0.25) is 0 Å². The zero-order chi connectivity index (χ0) is 15.5. The summed E-state index contributed by atoms with van der Waals surface area (Å²) in [5.74, 6) is -0.539. The van der Waals surface area contributed by atoms with Crippen LogP contribution in [-0.2, 0) is 16.0 Å². The minimum Gasteiger partial charge on any atom is -0.348 e. The fourth-order valence-electron chi connectivity index (χ4n) is 2.05. The molecule has 1 aromatic rings. The largest absolute Gasteiger partial charge is 0.446 e. The fourth-order valence-corrected chi connectivity index (χ4v) is 2.59. The van der Waals surface area contributed by atoms with Gasteiger partial charge < -0.3 is 14.8 Å². The van der Waals surface area contributed by atoms with Crippen molar-refractivity contribution < 1.29 is 22.6 Å². The van der Waals surface area contributed by atoms with E-state index in [1.165, 1.54) is 12.1 Å². The first-order valence-electron chi connectivity index (χ1n) is 6.61. The summed E-state index contributed by atoms with van der Waals surface area (Å²) in [6.45, 7) is 5.50. The van der Waals surface area contributed by atoms with E-state index >= 15 is 0 Å². The molecule has 1 atom stereocenters. The molecule has 1 fully saturated rings. The van der Waals surface area contributed by atoms with Crippen LogP contribution in [0, 0.1) is 0 Å². The molecule has 118 valence electrons. The van der Waals surface area contributed by atoms with E-state index in [0.717, 1.165) is 5.56 Å². The smallest absolute Gasteiger partial charge is 0.348 e. The summed E-state index contributed by atoms with van der Waals surface area (Å²) in [5.41, 5.74) is -3.31. The highest BCUT2D eigenvalue weighted by Gasteiger charge is 2.32. The lowest BCUT2D eigenvalue weighted by atomic mass is 10.2. The van der Waals surface area contributed by atoms with Crippen molar-refractivity contribution in [2.75, 3.05) is 13.2 Å². The second-order valence-corrected chi connectivity index (χ2v) is 6.41. The normalized spacial score (nSPS) is 21.7. The van der Waals surface area contributed by atoms with E-state index < -0.39 is 11.3 Å². The monoisotopic (exact) mass is 321 g/mol. The average Bonchev–Trinajstić information content (AvgIpc) is 2.69. The topological polar surface area (TPSA) is 30.5 Å². The van der Waals surface area contributed by atoms with E-state index in [2.05, 4.69) is 5.32 Å². The van der Waals surface area contributed by atoms with E-state index in [9.17, 15) is 13.2 Å². The van der Waals surface area contributed by atoms with Gasteiger partial charge in [-0.3, -0.25) is 0 Å². The van der Waals surface area contributed by atoms with Crippen LogP contribution in [0.3, 0.4) is 0 Å². The molecule has 1 N–H and O–H groups in total. The van der Waals surface area contributed by atoms with Crippen molar-refractivity contribution in [2.24, 2.45) is 0 Å².